The minimum Gasteiger partial charge on any atom is -0.290 e. The predicted octanol–water partition coefficient (Wildman–Crippen LogP) is 3.21. The first-order valence-corrected chi connectivity index (χ1v) is 5.45. The Morgan fingerprint density at radius 1 is 1.36 bits per heavy atom. The van der Waals surface area contributed by atoms with E-state index in [1.54, 1.807) is 6.08 Å². The van der Waals surface area contributed by atoms with E-state index in [0.717, 1.165) is 5.57 Å². The van der Waals surface area contributed by atoms with Gasteiger partial charge < -0.3 is 0 Å². The summed E-state index contributed by atoms with van der Waals surface area (Å²) in [4.78, 5) is 1.36. The molecule has 1 nitrogen and oxygen atoms in total. The van der Waals surface area contributed by atoms with Crippen LogP contribution in [0.5, 0.6) is 0 Å². The molecule has 0 rings (SSSR count). The molecule has 0 unspecified atom stereocenters. The normalized spacial score (nSPS) is 11.9. The Morgan fingerprint density at radius 2 is 1.93 bits per heavy atom. The van der Waals surface area contributed by atoms with E-state index in [4.69, 9.17) is 0 Å². The molecule has 0 aromatic carbocycles. The van der Waals surface area contributed by atoms with Crippen LogP contribution < -0.4 is 0 Å². The minimum absolute atomic E-state index is 0.355. The summed E-state index contributed by atoms with van der Waals surface area (Å²) in [7, 11) is 0. The van der Waals surface area contributed by atoms with Gasteiger partial charge in [-0.25, -0.2) is 0 Å². The molecule has 0 aliphatic rings. The predicted molar refractivity (Wildman–Crippen MR) is 55.7 cm³/mol. The van der Waals surface area contributed by atoms with Gasteiger partial charge in [-0.3, -0.25) is 4.90 Å². The lowest BCUT2D eigenvalue weighted by molar-refractivity contribution is -0.144. The highest BCUT2D eigenvalue weighted by Gasteiger charge is 2.29. The molecule has 0 amide bonds. The molecule has 0 aliphatic heterocycles. The lowest BCUT2D eigenvalue weighted by atomic mass is 10.3. The summed E-state index contributed by atoms with van der Waals surface area (Å²) in [5.41, 5.74) is 1.03. The van der Waals surface area contributed by atoms with Crippen LogP contribution in [-0.4, -0.2) is 36.0 Å². The van der Waals surface area contributed by atoms with Crippen LogP contribution in [0.4, 0.5) is 13.2 Å². The third-order valence-electron chi connectivity index (χ3n) is 1.56. The van der Waals surface area contributed by atoms with E-state index >= 15 is 0 Å². The quantitative estimate of drug-likeness (QED) is 0.549. The molecule has 0 aromatic heterocycles. The molecule has 0 N–H and O–H groups in total. The molecule has 0 saturated carbocycles. The van der Waals surface area contributed by atoms with E-state index in [1.165, 1.54) is 4.90 Å². The number of rotatable bonds is 5. The van der Waals surface area contributed by atoms with Crippen LogP contribution in [0, 0.1) is 0 Å². The summed E-state index contributed by atoms with van der Waals surface area (Å²) < 4.78 is 36.2. The lowest BCUT2D eigenvalue weighted by Gasteiger charge is -2.21. The van der Waals surface area contributed by atoms with Gasteiger partial charge in [0.2, 0.25) is 0 Å². The van der Waals surface area contributed by atoms with E-state index in [-0.39, 0.29) is 0 Å². The monoisotopic (exact) mass is 273 g/mol. The second kappa shape index (κ2) is 6.45. The molecule has 84 valence electrons. The first-order chi connectivity index (χ1) is 6.35. The Bertz CT molecular complexity index is 185. The Balaban J connectivity index is 4.09. The molecule has 0 spiro atoms. The fourth-order valence-electron chi connectivity index (χ4n) is 0.920. The molecule has 0 aliphatic carbocycles. The van der Waals surface area contributed by atoms with E-state index in [2.05, 4.69) is 15.9 Å². The van der Waals surface area contributed by atoms with Crippen molar-refractivity contribution in [2.24, 2.45) is 0 Å². The molecule has 5 heteroatoms. The average molecular weight is 274 g/mol. The first-order valence-electron chi connectivity index (χ1n) is 4.33. The van der Waals surface area contributed by atoms with Crippen LogP contribution in [-0.2, 0) is 0 Å². The zero-order valence-corrected chi connectivity index (χ0v) is 9.95. The van der Waals surface area contributed by atoms with Gasteiger partial charge >= 0.3 is 6.18 Å². The number of nitrogens with zero attached hydrogens (tertiary/aromatic N) is 1. The van der Waals surface area contributed by atoms with Crippen molar-refractivity contribution in [1.29, 1.82) is 0 Å². The van der Waals surface area contributed by atoms with E-state index in [1.807, 2.05) is 13.8 Å². The number of allylic oxidation sites excluding steroid dienone is 1. The van der Waals surface area contributed by atoms with Crippen LogP contribution in [0.25, 0.3) is 0 Å². The van der Waals surface area contributed by atoms with E-state index in [0.29, 0.717) is 18.4 Å². The zero-order chi connectivity index (χ0) is 11.2. The second-order valence-corrected chi connectivity index (χ2v) is 4.11. The maximum absolute atomic E-state index is 12.1. The first kappa shape index (κ1) is 14.0. The third kappa shape index (κ3) is 8.56. The SMILES string of the molecule is CC(C)=CCN(CCBr)CC(F)(F)F. The van der Waals surface area contributed by atoms with Gasteiger partial charge in [0.15, 0.2) is 0 Å². The number of halogens is 4. The highest BCUT2D eigenvalue weighted by atomic mass is 79.9. The average Bonchev–Trinajstić information content (AvgIpc) is 1.98. The van der Waals surface area contributed by atoms with Gasteiger partial charge in [-0.15, -0.1) is 0 Å². The van der Waals surface area contributed by atoms with Crippen LogP contribution >= 0.6 is 15.9 Å². The number of alkyl halides is 4. The van der Waals surface area contributed by atoms with Crippen LogP contribution in [0.3, 0.4) is 0 Å². The maximum atomic E-state index is 12.1. The van der Waals surface area contributed by atoms with Gasteiger partial charge in [0.05, 0.1) is 6.54 Å². The largest absolute Gasteiger partial charge is 0.401 e. The van der Waals surface area contributed by atoms with Gasteiger partial charge in [-0.2, -0.15) is 13.2 Å². The molecule has 0 radical (unpaired) electrons. The topological polar surface area (TPSA) is 3.24 Å². The van der Waals surface area contributed by atoms with Crippen molar-refractivity contribution in [3.05, 3.63) is 11.6 Å². The molecule has 14 heavy (non-hydrogen) atoms. The Labute approximate surface area is 91.1 Å². The maximum Gasteiger partial charge on any atom is 0.401 e. The van der Waals surface area contributed by atoms with Gasteiger partial charge in [0.25, 0.3) is 0 Å². The van der Waals surface area contributed by atoms with Crippen molar-refractivity contribution in [3.8, 4) is 0 Å². The molecule has 0 heterocycles. The summed E-state index contributed by atoms with van der Waals surface area (Å²) in [5, 5.41) is 0.555. The molecule has 0 saturated heterocycles. The standard InChI is InChI=1S/C9H15BrF3N/c1-8(2)3-5-14(6-4-10)7-9(11,12)13/h3H,4-7H2,1-2H3. The number of hydrogen-bond acceptors (Lipinski definition) is 1. The van der Waals surface area contributed by atoms with Gasteiger partial charge in [0.1, 0.15) is 0 Å². The molecule has 0 atom stereocenters. The lowest BCUT2D eigenvalue weighted by Crippen LogP contribution is -2.35. The summed E-state index contributed by atoms with van der Waals surface area (Å²) in [5.74, 6) is 0. The fraction of sp³-hybridized carbons (Fsp3) is 0.778. The minimum atomic E-state index is -4.11. The Hall–Kier alpha value is -0.0300. The molecular formula is C9H15BrF3N. The van der Waals surface area contributed by atoms with E-state index in [9.17, 15) is 13.2 Å². The Kier molecular flexibility index (Phi) is 6.44. The molecular weight excluding hydrogens is 259 g/mol. The van der Waals surface area contributed by atoms with Crippen LogP contribution in [0.2, 0.25) is 0 Å². The van der Waals surface area contributed by atoms with Crippen molar-refractivity contribution >= 4 is 15.9 Å². The van der Waals surface area contributed by atoms with Crippen molar-refractivity contribution < 1.29 is 13.2 Å². The van der Waals surface area contributed by atoms with Crippen molar-refractivity contribution in [1.82, 2.24) is 4.90 Å². The molecule has 0 fully saturated rings. The summed E-state index contributed by atoms with van der Waals surface area (Å²) in [6.45, 7) is 3.67. The summed E-state index contributed by atoms with van der Waals surface area (Å²) in [6.07, 6.45) is -2.31. The van der Waals surface area contributed by atoms with Gasteiger partial charge in [0, 0.05) is 18.4 Å². The molecule has 0 bridgehead atoms. The highest BCUT2D eigenvalue weighted by molar-refractivity contribution is 9.09. The van der Waals surface area contributed by atoms with Crippen molar-refractivity contribution in [2.45, 2.75) is 20.0 Å². The summed E-state index contributed by atoms with van der Waals surface area (Å²) >= 11 is 3.13. The van der Waals surface area contributed by atoms with Crippen molar-refractivity contribution in [2.75, 3.05) is 25.0 Å². The second-order valence-electron chi connectivity index (χ2n) is 3.32. The van der Waals surface area contributed by atoms with Crippen molar-refractivity contribution in [3.63, 3.8) is 0 Å². The molecule has 0 aromatic rings. The zero-order valence-electron chi connectivity index (χ0n) is 8.36. The van der Waals surface area contributed by atoms with Crippen LogP contribution in [0.15, 0.2) is 11.6 Å². The number of hydrogen-bond donors (Lipinski definition) is 0. The summed E-state index contributed by atoms with van der Waals surface area (Å²) in [6, 6.07) is 0. The third-order valence-corrected chi connectivity index (χ3v) is 1.92. The van der Waals surface area contributed by atoms with E-state index < -0.39 is 12.7 Å². The van der Waals surface area contributed by atoms with Crippen LogP contribution in [0.1, 0.15) is 13.8 Å². The smallest absolute Gasteiger partial charge is 0.290 e. The fourth-order valence-corrected chi connectivity index (χ4v) is 1.42. The van der Waals surface area contributed by atoms with Gasteiger partial charge in [-0.1, -0.05) is 27.6 Å². The van der Waals surface area contributed by atoms with Gasteiger partial charge in [-0.05, 0) is 13.8 Å². The Morgan fingerprint density at radius 3 is 2.29 bits per heavy atom. The highest BCUT2D eigenvalue weighted by Crippen LogP contribution is 2.16.